The summed E-state index contributed by atoms with van der Waals surface area (Å²) < 4.78 is 23.2. The third-order valence-corrected chi connectivity index (χ3v) is 5.65. The summed E-state index contributed by atoms with van der Waals surface area (Å²) in [5.41, 5.74) is 2.57. The fourth-order valence-corrected chi connectivity index (χ4v) is 4.26. The Morgan fingerprint density at radius 1 is 1.04 bits per heavy atom. The SMILES string of the molecule is NS(=O)(=O)CN(Cc1ccc(C2CCCCC2)cc1)C(=O)c1ccncc1. The van der Waals surface area contributed by atoms with Gasteiger partial charge in [-0.3, -0.25) is 9.78 Å². The van der Waals surface area contributed by atoms with Crippen LogP contribution in [0.25, 0.3) is 0 Å². The Morgan fingerprint density at radius 2 is 1.67 bits per heavy atom. The van der Waals surface area contributed by atoms with Crippen molar-refractivity contribution < 1.29 is 13.2 Å². The van der Waals surface area contributed by atoms with Gasteiger partial charge >= 0.3 is 0 Å². The number of sulfonamides is 1. The molecule has 1 aromatic heterocycles. The van der Waals surface area contributed by atoms with Gasteiger partial charge in [-0.2, -0.15) is 0 Å². The van der Waals surface area contributed by atoms with E-state index < -0.39 is 15.9 Å². The topological polar surface area (TPSA) is 93.4 Å². The summed E-state index contributed by atoms with van der Waals surface area (Å²) in [6.07, 6.45) is 9.30. The number of hydrogen-bond acceptors (Lipinski definition) is 4. The van der Waals surface area contributed by atoms with E-state index in [1.54, 1.807) is 12.1 Å². The maximum atomic E-state index is 12.7. The monoisotopic (exact) mass is 387 g/mol. The molecule has 144 valence electrons. The van der Waals surface area contributed by atoms with Crippen molar-refractivity contribution in [2.75, 3.05) is 5.88 Å². The second-order valence-corrected chi connectivity index (χ2v) is 8.69. The van der Waals surface area contributed by atoms with Crippen LogP contribution in [0, 0.1) is 0 Å². The van der Waals surface area contributed by atoms with Crippen molar-refractivity contribution in [1.82, 2.24) is 9.88 Å². The number of amides is 1. The van der Waals surface area contributed by atoms with E-state index in [1.807, 2.05) is 12.1 Å². The smallest absolute Gasteiger partial charge is 0.255 e. The van der Waals surface area contributed by atoms with E-state index in [2.05, 4.69) is 17.1 Å². The van der Waals surface area contributed by atoms with Crippen molar-refractivity contribution in [1.29, 1.82) is 0 Å². The minimum absolute atomic E-state index is 0.183. The molecule has 0 unspecified atom stereocenters. The highest BCUT2D eigenvalue weighted by Gasteiger charge is 2.21. The van der Waals surface area contributed by atoms with Crippen molar-refractivity contribution in [2.45, 2.75) is 44.6 Å². The summed E-state index contributed by atoms with van der Waals surface area (Å²) in [7, 11) is -3.83. The van der Waals surface area contributed by atoms with Crippen LogP contribution in [0.1, 0.15) is 59.5 Å². The highest BCUT2D eigenvalue weighted by atomic mass is 32.2. The number of rotatable bonds is 6. The third-order valence-electron chi connectivity index (χ3n) is 4.98. The van der Waals surface area contributed by atoms with Gasteiger partial charge in [0.15, 0.2) is 0 Å². The molecule has 1 heterocycles. The van der Waals surface area contributed by atoms with Gasteiger partial charge in [-0.1, -0.05) is 43.5 Å². The molecule has 0 atom stereocenters. The standard InChI is InChI=1S/C20H25N3O3S/c21-27(25,26)15-23(20(24)19-10-12-22-13-11-19)14-16-6-8-18(9-7-16)17-4-2-1-3-5-17/h6-13,17H,1-5,14-15H2,(H2,21,25,26). The largest absolute Gasteiger partial charge is 0.318 e. The molecule has 0 radical (unpaired) electrons. The Hall–Kier alpha value is -2.25. The van der Waals surface area contributed by atoms with E-state index in [-0.39, 0.29) is 12.5 Å². The molecule has 7 heteroatoms. The summed E-state index contributed by atoms with van der Waals surface area (Å²) in [5.74, 6) is -0.312. The van der Waals surface area contributed by atoms with Gasteiger partial charge in [-0.05, 0) is 42.0 Å². The van der Waals surface area contributed by atoms with Crippen molar-refractivity contribution in [3.63, 3.8) is 0 Å². The molecule has 3 rings (SSSR count). The number of nitrogens with two attached hydrogens (primary N) is 1. The van der Waals surface area contributed by atoms with Crippen molar-refractivity contribution in [3.8, 4) is 0 Å². The Balaban J connectivity index is 1.76. The van der Waals surface area contributed by atoms with Gasteiger partial charge in [0.2, 0.25) is 10.0 Å². The zero-order valence-electron chi connectivity index (χ0n) is 15.3. The first kappa shape index (κ1) is 19.5. The van der Waals surface area contributed by atoms with Crippen LogP contribution < -0.4 is 5.14 Å². The van der Waals surface area contributed by atoms with E-state index in [0.717, 1.165) is 5.56 Å². The van der Waals surface area contributed by atoms with Crippen LogP contribution in [0.5, 0.6) is 0 Å². The lowest BCUT2D eigenvalue weighted by Gasteiger charge is -2.24. The number of aromatic nitrogens is 1. The Labute approximate surface area is 160 Å². The van der Waals surface area contributed by atoms with Crippen LogP contribution in [-0.4, -0.2) is 30.1 Å². The van der Waals surface area contributed by atoms with Gasteiger partial charge in [-0.15, -0.1) is 0 Å². The van der Waals surface area contributed by atoms with Crippen LogP contribution in [0.4, 0.5) is 0 Å². The Kier molecular flexibility index (Phi) is 6.23. The van der Waals surface area contributed by atoms with Gasteiger partial charge < -0.3 is 4.90 Å². The fourth-order valence-electron chi connectivity index (χ4n) is 3.62. The number of nitrogens with zero attached hydrogens (tertiary/aromatic N) is 2. The number of pyridine rings is 1. The molecule has 0 bridgehead atoms. The van der Waals surface area contributed by atoms with E-state index >= 15 is 0 Å². The molecule has 1 aliphatic carbocycles. The van der Waals surface area contributed by atoms with Crippen molar-refractivity contribution in [3.05, 3.63) is 65.5 Å². The molecule has 1 fully saturated rings. The summed E-state index contributed by atoms with van der Waals surface area (Å²) in [5, 5.41) is 5.19. The first-order valence-electron chi connectivity index (χ1n) is 9.21. The van der Waals surface area contributed by atoms with Crippen LogP contribution in [0.2, 0.25) is 0 Å². The van der Waals surface area contributed by atoms with Crippen molar-refractivity contribution >= 4 is 15.9 Å². The predicted molar refractivity (Wildman–Crippen MR) is 104 cm³/mol. The second-order valence-electron chi connectivity index (χ2n) is 7.11. The first-order valence-corrected chi connectivity index (χ1v) is 10.9. The van der Waals surface area contributed by atoms with Gasteiger partial charge in [0.25, 0.3) is 5.91 Å². The molecule has 1 aliphatic rings. The summed E-state index contributed by atoms with van der Waals surface area (Å²) in [6.45, 7) is 0.183. The summed E-state index contributed by atoms with van der Waals surface area (Å²) in [4.78, 5) is 17.9. The minimum Gasteiger partial charge on any atom is -0.318 e. The number of carbonyl (C=O) groups is 1. The normalized spacial score (nSPS) is 15.4. The number of benzene rings is 1. The van der Waals surface area contributed by atoms with Crippen molar-refractivity contribution in [2.24, 2.45) is 5.14 Å². The van der Waals surface area contributed by atoms with Gasteiger partial charge in [0, 0.05) is 24.5 Å². The molecule has 0 saturated heterocycles. The molecule has 2 aromatic rings. The number of carbonyl (C=O) groups excluding carboxylic acids is 1. The lowest BCUT2D eigenvalue weighted by molar-refractivity contribution is 0.0771. The van der Waals surface area contributed by atoms with E-state index in [0.29, 0.717) is 11.5 Å². The maximum Gasteiger partial charge on any atom is 0.255 e. The number of hydrogen-bond donors (Lipinski definition) is 1. The van der Waals surface area contributed by atoms with Gasteiger partial charge in [0.05, 0.1) is 0 Å². The molecule has 27 heavy (non-hydrogen) atoms. The van der Waals surface area contributed by atoms with Crippen LogP contribution in [0.3, 0.4) is 0 Å². The summed E-state index contributed by atoms with van der Waals surface area (Å²) in [6, 6.07) is 11.3. The lowest BCUT2D eigenvalue weighted by Crippen LogP contribution is -2.37. The summed E-state index contributed by atoms with van der Waals surface area (Å²) >= 11 is 0. The van der Waals surface area contributed by atoms with Crippen LogP contribution >= 0.6 is 0 Å². The molecule has 0 spiro atoms. The maximum absolute atomic E-state index is 12.7. The molecule has 1 saturated carbocycles. The molecule has 6 nitrogen and oxygen atoms in total. The predicted octanol–water partition coefficient (Wildman–Crippen LogP) is 3.02. The van der Waals surface area contributed by atoms with E-state index in [1.165, 1.54) is 55.0 Å². The average molecular weight is 388 g/mol. The van der Waals surface area contributed by atoms with Gasteiger partial charge in [-0.25, -0.2) is 13.6 Å². The minimum atomic E-state index is -3.83. The number of primary sulfonamides is 1. The highest BCUT2D eigenvalue weighted by molar-refractivity contribution is 7.89. The van der Waals surface area contributed by atoms with E-state index in [4.69, 9.17) is 5.14 Å². The molecule has 1 amide bonds. The van der Waals surface area contributed by atoms with Gasteiger partial charge in [0.1, 0.15) is 5.88 Å². The molecular formula is C20H25N3O3S. The molecule has 1 aromatic carbocycles. The molecule has 0 aliphatic heterocycles. The van der Waals surface area contributed by atoms with Crippen LogP contribution in [0.15, 0.2) is 48.8 Å². The first-order chi connectivity index (χ1) is 12.9. The van der Waals surface area contributed by atoms with Crippen LogP contribution in [-0.2, 0) is 16.6 Å². The Morgan fingerprint density at radius 3 is 2.26 bits per heavy atom. The Bertz CT molecular complexity index is 861. The highest BCUT2D eigenvalue weighted by Crippen LogP contribution is 2.32. The zero-order chi connectivity index (χ0) is 19.3. The quantitative estimate of drug-likeness (QED) is 0.824. The average Bonchev–Trinajstić information content (AvgIpc) is 2.68. The lowest BCUT2D eigenvalue weighted by atomic mass is 9.84. The molecular weight excluding hydrogens is 362 g/mol. The zero-order valence-corrected chi connectivity index (χ0v) is 16.1. The second kappa shape index (κ2) is 8.63. The fraction of sp³-hybridized carbons (Fsp3) is 0.400. The third kappa shape index (κ3) is 5.61. The molecule has 2 N–H and O–H groups in total. The van der Waals surface area contributed by atoms with E-state index in [9.17, 15) is 13.2 Å².